The van der Waals surface area contributed by atoms with Crippen molar-refractivity contribution in [2.24, 2.45) is 0 Å². The van der Waals surface area contributed by atoms with Crippen LogP contribution in [-0.4, -0.2) is 44.2 Å². The van der Waals surface area contributed by atoms with Gasteiger partial charge in [-0.05, 0) is 51.7 Å². The van der Waals surface area contributed by atoms with E-state index in [4.69, 9.17) is 13.9 Å². The summed E-state index contributed by atoms with van der Waals surface area (Å²) >= 11 is 0. The molecular formula is C30H57NO5Si. The molecule has 0 saturated carbocycles. The summed E-state index contributed by atoms with van der Waals surface area (Å²) in [6.45, 7) is 18.6. The monoisotopic (exact) mass is 539 g/mol. The number of carbonyl (C=O) groups is 2. The zero-order valence-corrected chi connectivity index (χ0v) is 26.4. The number of alkyl carbamates (subject to hydrolysis) is 1. The highest BCUT2D eigenvalue weighted by atomic mass is 28.4. The normalized spacial score (nSPS) is 19.6. The Labute approximate surface area is 228 Å². The second kappa shape index (κ2) is 15.9. The average Bonchev–Trinajstić information content (AvgIpc) is 3.16. The van der Waals surface area contributed by atoms with Crippen LogP contribution in [0.3, 0.4) is 0 Å². The zero-order chi connectivity index (χ0) is 28.1. The van der Waals surface area contributed by atoms with Crippen LogP contribution in [0.5, 0.6) is 0 Å². The number of ether oxygens (including phenoxy) is 2. The van der Waals surface area contributed by atoms with Crippen molar-refractivity contribution in [3.8, 4) is 0 Å². The maximum atomic E-state index is 12.9. The van der Waals surface area contributed by atoms with Gasteiger partial charge in [-0.2, -0.15) is 0 Å². The lowest BCUT2D eigenvalue weighted by Gasteiger charge is -2.40. The first kappa shape index (κ1) is 33.7. The van der Waals surface area contributed by atoms with Gasteiger partial charge in [0.1, 0.15) is 11.6 Å². The van der Waals surface area contributed by atoms with Crippen LogP contribution in [0.15, 0.2) is 12.2 Å². The second-order valence-electron chi connectivity index (χ2n) is 13.1. The molecule has 7 heteroatoms. The van der Waals surface area contributed by atoms with Gasteiger partial charge in [-0.15, -0.1) is 0 Å². The van der Waals surface area contributed by atoms with Crippen LogP contribution in [0.25, 0.3) is 0 Å². The van der Waals surface area contributed by atoms with Crippen LogP contribution in [0.2, 0.25) is 18.1 Å². The fourth-order valence-electron chi connectivity index (χ4n) is 4.15. The van der Waals surface area contributed by atoms with Crippen LogP contribution in [0.1, 0.15) is 126 Å². The molecule has 0 spiro atoms. The Balaban J connectivity index is 2.68. The molecule has 0 aliphatic carbocycles. The summed E-state index contributed by atoms with van der Waals surface area (Å²) in [5.74, 6) is -0.543. The molecule has 216 valence electrons. The highest BCUT2D eigenvalue weighted by Crippen LogP contribution is 2.38. The van der Waals surface area contributed by atoms with E-state index in [0.717, 1.165) is 12.8 Å². The Bertz CT molecular complexity index is 708. The van der Waals surface area contributed by atoms with Gasteiger partial charge >= 0.3 is 12.1 Å². The van der Waals surface area contributed by atoms with E-state index in [1.54, 1.807) is 20.8 Å². The summed E-state index contributed by atoms with van der Waals surface area (Å²) in [7, 11) is -2.18. The number of amides is 1. The van der Waals surface area contributed by atoms with E-state index >= 15 is 0 Å². The van der Waals surface area contributed by atoms with Gasteiger partial charge < -0.3 is 19.2 Å². The Hall–Kier alpha value is -1.34. The van der Waals surface area contributed by atoms with Gasteiger partial charge in [0.25, 0.3) is 0 Å². The Kier molecular flexibility index (Phi) is 14.5. The van der Waals surface area contributed by atoms with Crippen LogP contribution in [0.4, 0.5) is 4.79 Å². The van der Waals surface area contributed by atoms with Crippen molar-refractivity contribution in [3.63, 3.8) is 0 Å². The highest BCUT2D eigenvalue weighted by molar-refractivity contribution is 6.74. The summed E-state index contributed by atoms with van der Waals surface area (Å²) in [6, 6.07) is -0.620. The van der Waals surface area contributed by atoms with E-state index < -0.39 is 44.2 Å². The quantitative estimate of drug-likeness (QED) is 0.0868. The van der Waals surface area contributed by atoms with Gasteiger partial charge in [0.05, 0.1) is 6.10 Å². The molecule has 0 aromatic carbocycles. The average molecular weight is 540 g/mol. The Morgan fingerprint density at radius 2 is 1.46 bits per heavy atom. The fourth-order valence-corrected chi connectivity index (χ4v) is 5.41. The minimum Gasteiger partial charge on any atom is -0.457 e. The molecule has 0 aromatic rings. The standard InChI is InChI=1S/C30H57NO5Si/c1-10-11-12-13-14-15-16-17-18-19-20-21-22-23-24(36-37(8,9)30(5,6)7)25-26(34-28(33)31-25)27(32)35-29(2,3)4/h22-26H,10-21H2,1-9H3,(H,31,33)/b23-22+/t24-,25-,26?/m1/s1. The van der Waals surface area contributed by atoms with Crippen molar-refractivity contribution >= 4 is 20.4 Å². The molecule has 1 unspecified atom stereocenters. The molecule has 37 heavy (non-hydrogen) atoms. The highest BCUT2D eigenvalue weighted by Gasteiger charge is 2.48. The van der Waals surface area contributed by atoms with E-state index in [-0.39, 0.29) is 5.04 Å². The van der Waals surface area contributed by atoms with Crippen molar-refractivity contribution in [1.29, 1.82) is 0 Å². The second-order valence-corrected chi connectivity index (χ2v) is 17.9. The minimum absolute atomic E-state index is 0.0139. The van der Waals surface area contributed by atoms with E-state index in [0.29, 0.717) is 0 Å². The van der Waals surface area contributed by atoms with Crippen molar-refractivity contribution in [2.75, 3.05) is 0 Å². The predicted molar refractivity (Wildman–Crippen MR) is 155 cm³/mol. The maximum Gasteiger partial charge on any atom is 0.408 e. The van der Waals surface area contributed by atoms with Gasteiger partial charge in [0.2, 0.25) is 6.10 Å². The summed E-state index contributed by atoms with van der Waals surface area (Å²) in [6.07, 6.45) is 17.5. The predicted octanol–water partition coefficient (Wildman–Crippen LogP) is 8.45. The van der Waals surface area contributed by atoms with Gasteiger partial charge in [-0.3, -0.25) is 0 Å². The molecule has 1 amide bonds. The number of hydrogen-bond donors (Lipinski definition) is 1. The van der Waals surface area contributed by atoms with E-state index in [2.05, 4.69) is 52.2 Å². The molecule has 0 aromatic heterocycles. The van der Waals surface area contributed by atoms with Crippen molar-refractivity contribution in [2.45, 2.75) is 167 Å². The molecule has 3 atom stereocenters. The Morgan fingerprint density at radius 3 is 1.95 bits per heavy atom. The lowest BCUT2D eigenvalue weighted by molar-refractivity contribution is -0.165. The van der Waals surface area contributed by atoms with Gasteiger partial charge in [0.15, 0.2) is 8.32 Å². The SMILES string of the molecule is CCCCCCCCCCCCC/C=C/[C@@H](O[Si](C)(C)C(C)(C)C)[C@H]1NC(=O)OC1C(=O)OC(C)(C)C. The third-order valence-corrected chi connectivity index (χ3v) is 11.8. The number of rotatable bonds is 17. The summed E-state index contributed by atoms with van der Waals surface area (Å²) in [4.78, 5) is 25.0. The van der Waals surface area contributed by atoms with Crippen LogP contribution >= 0.6 is 0 Å². The fraction of sp³-hybridized carbons (Fsp3) is 0.867. The van der Waals surface area contributed by atoms with E-state index in [9.17, 15) is 9.59 Å². The lowest BCUT2D eigenvalue weighted by Crippen LogP contribution is -2.53. The number of nitrogens with one attached hydrogen (secondary N) is 1. The molecule has 1 saturated heterocycles. The topological polar surface area (TPSA) is 73.9 Å². The molecule has 1 fully saturated rings. The van der Waals surface area contributed by atoms with Crippen molar-refractivity contribution < 1.29 is 23.5 Å². The smallest absolute Gasteiger partial charge is 0.408 e. The minimum atomic E-state index is -2.18. The number of unbranched alkanes of at least 4 members (excludes halogenated alkanes) is 11. The van der Waals surface area contributed by atoms with Crippen LogP contribution in [-0.2, 0) is 18.7 Å². The van der Waals surface area contributed by atoms with Gasteiger partial charge in [-0.1, -0.05) is 104 Å². The molecule has 1 aliphatic rings. The first-order valence-corrected chi connectivity index (χ1v) is 17.6. The zero-order valence-electron chi connectivity index (χ0n) is 25.4. The summed E-state index contributed by atoms with van der Waals surface area (Å²) < 4.78 is 17.6. The molecule has 0 bridgehead atoms. The number of allylic oxidation sites excluding steroid dienone is 1. The Morgan fingerprint density at radius 1 is 0.946 bits per heavy atom. The summed E-state index contributed by atoms with van der Waals surface area (Å²) in [5.41, 5.74) is -0.669. The largest absolute Gasteiger partial charge is 0.457 e. The first-order valence-electron chi connectivity index (χ1n) is 14.7. The molecule has 1 heterocycles. The molecule has 1 rings (SSSR count). The van der Waals surface area contributed by atoms with Gasteiger partial charge in [-0.25, -0.2) is 9.59 Å². The van der Waals surface area contributed by atoms with Crippen LogP contribution < -0.4 is 5.32 Å². The lowest BCUT2D eigenvalue weighted by atomic mass is 10.0. The summed E-state index contributed by atoms with van der Waals surface area (Å²) in [5, 5.41) is 2.81. The van der Waals surface area contributed by atoms with E-state index in [1.165, 1.54) is 64.2 Å². The first-order chi connectivity index (χ1) is 17.2. The molecule has 6 nitrogen and oxygen atoms in total. The third kappa shape index (κ3) is 13.3. The molecular weight excluding hydrogens is 482 g/mol. The third-order valence-electron chi connectivity index (χ3n) is 7.37. The van der Waals surface area contributed by atoms with Crippen molar-refractivity contribution in [3.05, 3.63) is 12.2 Å². The van der Waals surface area contributed by atoms with E-state index in [1.807, 2.05) is 6.08 Å². The maximum absolute atomic E-state index is 12.9. The molecule has 0 radical (unpaired) electrons. The number of esters is 1. The number of hydrogen-bond acceptors (Lipinski definition) is 5. The molecule has 1 aliphatic heterocycles. The molecule has 1 N–H and O–H groups in total. The number of cyclic esters (lactones) is 1. The van der Waals surface area contributed by atoms with Crippen LogP contribution in [0, 0.1) is 0 Å². The van der Waals surface area contributed by atoms with Crippen molar-refractivity contribution in [1.82, 2.24) is 5.32 Å². The number of carbonyl (C=O) groups excluding carboxylic acids is 2. The van der Waals surface area contributed by atoms with Gasteiger partial charge in [0, 0.05) is 0 Å².